The SMILES string of the molecule is C[C@H](NC(=O)c1ccc(S(=O)(=O)N2C[C@H](C)O[C@@H](C)C2)cc1)c1ccc(F)cc1. The van der Waals surface area contributed by atoms with Crippen LogP contribution in [-0.2, 0) is 14.8 Å². The Labute approximate surface area is 170 Å². The Morgan fingerprint density at radius 3 is 2.17 bits per heavy atom. The highest BCUT2D eigenvalue weighted by Crippen LogP contribution is 2.22. The van der Waals surface area contributed by atoms with E-state index in [1.807, 2.05) is 13.8 Å². The second-order valence-corrected chi connectivity index (χ2v) is 9.29. The standard InChI is InChI=1S/C21H25FN2O4S/c1-14-12-24(13-15(2)28-14)29(26,27)20-10-6-18(7-11-20)21(25)23-16(3)17-4-8-19(22)9-5-17/h4-11,14-16H,12-13H2,1-3H3,(H,23,25)/t14-,15-,16-/m0/s1. The molecule has 2 aromatic rings. The number of sulfonamides is 1. The minimum Gasteiger partial charge on any atom is -0.373 e. The fraction of sp³-hybridized carbons (Fsp3) is 0.381. The van der Waals surface area contributed by atoms with Crippen molar-refractivity contribution in [2.75, 3.05) is 13.1 Å². The van der Waals surface area contributed by atoms with Crippen molar-refractivity contribution in [1.82, 2.24) is 9.62 Å². The van der Waals surface area contributed by atoms with Crippen LogP contribution in [0, 0.1) is 5.82 Å². The lowest BCUT2D eigenvalue weighted by Gasteiger charge is -2.34. The van der Waals surface area contributed by atoms with E-state index < -0.39 is 10.0 Å². The number of carbonyl (C=O) groups excluding carboxylic acids is 1. The van der Waals surface area contributed by atoms with Gasteiger partial charge < -0.3 is 10.1 Å². The highest BCUT2D eigenvalue weighted by atomic mass is 32.2. The normalized spacial score (nSPS) is 21.5. The second-order valence-electron chi connectivity index (χ2n) is 7.35. The molecule has 1 aliphatic heterocycles. The third kappa shape index (κ3) is 5.01. The molecule has 3 rings (SSSR count). The van der Waals surface area contributed by atoms with Crippen molar-refractivity contribution in [3.63, 3.8) is 0 Å². The van der Waals surface area contributed by atoms with Crippen LogP contribution in [0.25, 0.3) is 0 Å². The molecule has 1 heterocycles. The minimum atomic E-state index is -3.65. The fourth-order valence-electron chi connectivity index (χ4n) is 3.37. The topological polar surface area (TPSA) is 75.7 Å². The molecule has 0 aromatic heterocycles. The molecule has 6 nitrogen and oxygen atoms in total. The van der Waals surface area contributed by atoms with E-state index in [0.29, 0.717) is 18.7 Å². The van der Waals surface area contributed by atoms with Gasteiger partial charge in [-0.05, 0) is 62.7 Å². The van der Waals surface area contributed by atoms with Crippen molar-refractivity contribution in [3.05, 3.63) is 65.5 Å². The zero-order valence-corrected chi connectivity index (χ0v) is 17.4. The maximum absolute atomic E-state index is 13.0. The van der Waals surface area contributed by atoms with Crippen LogP contribution in [0.4, 0.5) is 4.39 Å². The molecule has 1 aliphatic rings. The van der Waals surface area contributed by atoms with Crippen LogP contribution in [0.15, 0.2) is 53.4 Å². The van der Waals surface area contributed by atoms with E-state index >= 15 is 0 Å². The molecular weight excluding hydrogens is 395 g/mol. The molecular formula is C21H25FN2O4S. The van der Waals surface area contributed by atoms with Crippen molar-refractivity contribution in [2.24, 2.45) is 0 Å². The zero-order valence-electron chi connectivity index (χ0n) is 16.6. The van der Waals surface area contributed by atoms with Gasteiger partial charge in [-0.25, -0.2) is 12.8 Å². The molecule has 0 radical (unpaired) electrons. The third-order valence-corrected chi connectivity index (χ3v) is 6.70. The average Bonchev–Trinajstić information content (AvgIpc) is 2.67. The molecule has 0 spiro atoms. The maximum atomic E-state index is 13.0. The van der Waals surface area contributed by atoms with Crippen LogP contribution < -0.4 is 5.32 Å². The number of rotatable bonds is 5. The summed E-state index contributed by atoms with van der Waals surface area (Å²) in [6, 6.07) is 11.5. The highest BCUT2D eigenvalue weighted by Gasteiger charge is 2.32. The van der Waals surface area contributed by atoms with Crippen LogP contribution in [0.3, 0.4) is 0 Å². The molecule has 1 saturated heterocycles. The molecule has 0 aliphatic carbocycles. The van der Waals surface area contributed by atoms with Gasteiger partial charge in [-0.15, -0.1) is 0 Å². The molecule has 3 atom stereocenters. The number of carbonyl (C=O) groups is 1. The molecule has 0 saturated carbocycles. The van der Waals surface area contributed by atoms with Gasteiger partial charge in [0.15, 0.2) is 0 Å². The van der Waals surface area contributed by atoms with E-state index in [1.54, 1.807) is 19.1 Å². The van der Waals surface area contributed by atoms with Gasteiger partial charge in [-0.3, -0.25) is 4.79 Å². The minimum absolute atomic E-state index is 0.141. The number of benzene rings is 2. The van der Waals surface area contributed by atoms with Gasteiger partial charge in [0.2, 0.25) is 10.0 Å². The summed E-state index contributed by atoms with van der Waals surface area (Å²) in [6.45, 7) is 6.07. The van der Waals surface area contributed by atoms with Gasteiger partial charge in [-0.2, -0.15) is 4.31 Å². The smallest absolute Gasteiger partial charge is 0.251 e. The molecule has 0 bridgehead atoms. The summed E-state index contributed by atoms with van der Waals surface area (Å²) in [4.78, 5) is 12.6. The average molecular weight is 421 g/mol. The summed E-state index contributed by atoms with van der Waals surface area (Å²) in [6.07, 6.45) is -0.349. The van der Waals surface area contributed by atoms with E-state index in [-0.39, 0.29) is 34.9 Å². The molecule has 1 N–H and O–H groups in total. The number of hydrogen-bond acceptors (Lipinski definition) is 4. The summed E-state index contributed by atoms with van der Waals surface area (Å²) in [5, 5.41) is 2.83. The Morgan fingerprint density at radius 1 is 1.07 bits per heavy atom. The first-order chi connectivity index (χ1) is 13.7. The van der Waals surface area contributed by atoms with Crippen LogP contribution in [-0.4, -0.2) is 43.9 Å². The van der Waals surface area contributed by atoms with E-state index in [1.165, 1.54) is 40.7 Å². The highest BCUT2D eigenvalue weighted by molar-refractivity contribution is 7.89. The first kappa shape index (κ1) is 21.4. The number of halogens is 1. The summed E-state index contributed by atoms with van der Waals surface area (Å²) in [5.74, 6) is -0.674. The van der Waals surface area contributed by atoms with Gasteiger partial charge in [0, 0.05) is 18.7 Å². The first-order valence-corrected chi connectivity index (χ1v) is 10.9. The van der Waals surface area contributed by atoms with Gasteiger partial charge in [0.05, 0.1) is 23.1 Å². The van der Waals surface area contributed by atoms with Crippen molar-refractivity contribution >= 4 is 15.9 Å². The lowest BCUT2D eigenvalue weighted by Crippen LogP contribution is -2.48. The van der Waals surface area contributed by atoms with Crippen molar-refractivity contribution in [3.8, 4) is 0 Å². The van der Waals surface area contributed by atoms with E-state index in [4.69, 9.17) is 4.74 Å². The van der Waals surface area contributed by atoms with Gasteiger partial charge in [0.1, 0.15) is 5.82 Å². The third-order valence-electron chi connectivity index (χ3n) is 4.86. The summed E-state index contributed by atoms with van der Waals surface area (Å²) in [5.41, 5.74) is 1.12. The Bertz CT molecular complexity index is 951. The number of amides is 1. The summed E-state index contributed by atoms with van der Waals surface area (Å²) >= 11 is 0. The van der Waals surface area contributed by atoms with Crippen molar-refractivity contribution in [1.29, 1.82) is 0 Å². The van der Waals surface area contributed by atoms with Crippen molar-refractivity contribution < 1.29 is 22.3 Å². The first-order valence-electron chi connectivity index (χ1n) is 9.49. The molecule has 29 heavy (non-hydrogen) atoms. The largest absolute Gasteiger partial charge is 0.373 e. The molecule has 1 fully saturated rings. The number of hydrogen-bond donors (Lipinski definition) is 1. The van der Waals surface area contributed by atoms with Crippen LogP contribution in [0.5, 0.6) is 0 Å². The fourth-order valence-corrected chi connectivity index (χ4v) is 4.96. The summed E-state index contributed by atoms with van der Waals surface area (Å²) in [7, 11) is -3.65. The Kier molecular flexibility index (Phi) is 6.36. The van der Waals surface area contributed by atoms with Crippen LogP contribution >= 0.6 is 0 Å². The van der Waals surface area contributed by atoms with Crippen LogP contribution in [0.2, 0.25) is 0 Å². The summed E-state index contributed by atoms with van der Waals surface area (Å²) < 4.78 is 45.8. The molecule has 1 amide bonds. The van der Waals surface area contributed by atoms with E-state index in [9.17, 15) is 17.6 Å². The van der Waals surface area contributed by atoms with E-state index in [2.05, 4.69) is 5.32 Å². The van der Waals surface area contributed by atoms with E-state index in [0.717, 1.165) is 5.56 Å². The molecule has 8 heteroatoms. The lowest BCUT2D eigenvalue weighted by atomic mass is 10.1. The van der Waals surface area contributed by atoms with Crippen LogP contribution in [0.1, 0.15) is 42.7 Å². The quantitative estimate of drug-likeness (QED) is 0.807. The molecule has 2 aromatic carbocycles. The van der Waals surface area contributed by atoms with Crippen molar-refractivity contribution in [2.45, 2.75) is 43.9 Å². The maximum Gasteiger partial charge on any atom is 0.251 e. The van der Waals surface area contributed by atoms with Gasteiger partial charge in [-0.1, -0.05) is 12.1 Å². The predicted molar refractivity (Wildman–Crippen MR) is 107 cm³/mol. The molecule has 156 valence electrons. The Morgan fingerprint density at radius 2 is 1.62 bits per heavy atom. The molecule has 0 unspecified atom stereocenters. The predicted octanol–water partition coefficient (Wildman–Crippen LogP) is 3.11. The lowest BCUT2D eigenvalue weighted by molar-refractivity contribution is -0.0440. The van der Waals surface area contributed by atoms with Gasteiger partial charge in [0.25, 0.3) is 5.91 Å². The number of morpholine rings is 1. The monoisotopic (exact) mass is 420 g/mol. The number of nitrogens with zero attached hydrogens (tertiary/aromatic N) is 1. The Balaban J connectivity index is 1.70. The Hall–Kier alpha value is -2.29. The zero-order chi connectivity index (χ0) is 21.2. The number of nitrogens with one attached hydrogen (secondary N) is 1. The second kappa shape index (κ2) is 8.61. The van der Waals surface area contributed by atoms with Gasteiger partial charge >= 0.3 is 0 Å². The number of ether oxygens (including phenoxy) is 1.